The fourth-order valence-electron chi connectivity index (χ4n) is 1.70. The number of rotatable bonds is 5. The van der Waals surface area contributed by atoms with E-state index in [9.17, 15) is 4.79 Å². The molecule has 1 aromatic carbocycles. The third kappa shape index (κ3) is 4.04. The van der Waals surface area contributed by atoms with E-state index < -0.39 is 5.54 Å². The first-order valence-corrected chi connectivity index (χ1v) is 6.10. The van der Waals surface area contributed by atoms with Crippen LogP contribution in [0.2, 0.25) is 0 Å². The number of likely N-dealkylation sites (N-methyl/N-ethyl adjacent to an activating group) is 1. The van der Waals surface area contributed by atoms with Crippen molar-refractivity contribution in [2.45, 2.75) is 32.9 Å². The SMILES string of the molecule is CCOc1ccc(CN(C)C(=O)C(C)(C)N)cc1. The van der Waals surface area contributed by atoms with Crippen LogP contribution < -0.4 is 10.5 Å². The molecule has 1 amide bonds. The molecule has 1 rings (SSSR count). The van der Waals surface area contributed by atoms with Crippen molar-refractivity contribution in [3.05, 3.63) is 29.8 Å². The number of carbonyl (C=O) groups excluding carboxylic acids is 1. The van der Waals surface area contributed by atoms with Crippen molar-refractivity contribution >= 4 is 5.91 Å². The summed E-state index contributed by atoms with van der Waals surface area (Å²) < 4.78 is 5.37. The van der Waals surface area contributed by atoms with Crippen molar-refractivity contribution in [1.29, 1.82) is 0 Å². The van der Waals surface area contributed by atoms with Gasteiger partial charge in [0, 0.05) is 13.6 Å². The summed E-state index contributed by atoms with van der Waals surface area (Å²) >= 11 is 0. The van der Waals surface area contributed by atoms with Gasteiger partial charge in [0.1, 0.15) is 5.75 Å². The van der Waals surface area contributed by atoms with Crippen LogP contribution in [-0.4, -0.2) is 30.0 Å². The van der Waals surface area contributed by atoms with Crippen molar-refractivity contribution in [3.63, 3.8) is 0 Å². The largest absolute Gasteiger partial charge is 0.494 e. The summed E-state index contributed by atoms with van der Waals surface area (Å²) in [7, 11) is 1.76. The normalized spacial score (nSPS) is 11.2. The van der Waals surface area contributed by atoms with E-state index in [1.807, 2.05) is 31.2 Å². The molecular formula is C14H22N2O2. The standard InChI is InChI=1S/C14H22N2O2/c1-5-18-12-8-6-11(7-9-12)10-16(4)13(17)14(2,3)15/h6-9H,5,10,15H2,1-4H3. The van der Waals surface area contributed by atoms with Gasteiger partial charge >= 0.3 is 0 Å². The minimum atomic E-state index is -0.833. The molecule has 4 heteroatoms. The molecule has 0 bridgehead atoms. The molecule has 0 fully saturated rings. The Morgan fingerprint density at radius 1 is 1.33 bits per heavy atom. The molecule has 0 saturated heterocycles. The van der Waals surface area contributed by atoms with Crippen LogP contribution >= 0.6 is 0 Å². The average Bonchev–Trinajstić information content (AvgIpc) is 2.30. The maximum Gasteiger partial charge on any atom is 0.242 e. The van der Waals surface area contributed by atoms with Crippen molar-refractivity contribution in [1.82, 2.24) is 4.90 Å². The molecule has 0 aromatic heterocycles. The van der Waals surface area contributed by atoms with E-state index in [0.717, 1.165) is 11.3 Å². The molecule has 0 heterocycles. The highest BCUT2D eigenvalue weighted by Crippen LogP contribution is 2.14. The van der Waals surface area contributed by atoms with Crippen LogP contribution in [-0.2, 0) is 11.3 Å². The van der Waals surface area contributed by atoms with Crippen LogP contribution in [0, 0.1) is 0 Å². The Bertz CT molecular complexity index is 393. The van der Waals surface area contributed by atoms with E-state index in [4.69, 9.17) is 10.5 Å². The van der Waals surface area contributed by atoms with Gasteiger partial charge in [-0.15, -0.1) is 0 Å². The topological polar surface area (TPSA) is 55.6 Å². The molecule has 4 nitrogen and oxygen atoms in total. The van der Waals surface area contributed by atoms with E-state index in [0.29, 0.717) is 13.2 Å². The van der Waals surface area contributed by atoms with Crippen LogP contribution in [0.25, 0.3) is 0 Å². The smallest absolute Gasteiger partial charge is 0.242 e. The fourth-order valence-corrected chi connectivity index (χ4v) is 1.70. The molecule has 0 aliphatic carbocycles. The van der Waals surface area contributed by atoms with E-state index in [2.05, 4.69) is 0 Å². The number of nitrogens with two attached hydrogens (primary N) is 1. The van der Waals surface area contributed by atoms with Crippen molar-refractivity contribution in [3.8, 4) is 5.75 Å². The van der Waals surface area contributed by atoms with Crippen LogP contribution in [0.5, 0.6) is 5.75 Å². The zero-order chi connectivity index (χ0) is 13.8. The first-order valence-electron chi connectivity index (χ1n) is 6.10. The number of carbonyl (C=O) groups is 1. The van der Waals surface area contributed by atoms with Crippen molar-refractivity contribution in [2.24, 2.45) is 5.73 Å². The highest BCUT2D eigenvalue weighted by molar-refractivity contribution is 5.84. The molecule has 0 aliphatic rings. The maximum atomic E-state index is 11.9. The molecular weight excluding hydrogens is 228 g/mol. The van der Waals surface area contributed by atoms with Gasteiger partial charge in [-0.2, -0.15) is 0 Å². The highest BCUT2D eigenvalue weighted by Gasteiger charge is 2.25. The molecule has 0 unspecified atom stereocenters. The summed E-state index contributed by atoms with van der Waals surface area (Å²) in [5.41, 5.74) is 6.01. The first-order chi connectivity index (χ1) is 8.34. The lowest BCUT2D eigenvalue weighted by molar-refractivity contribution is -0.134. The number of benzene rings is 1. The van der Waals surface area contributed by atoms with Crippen LogP contribution in [0.15, 0.2) is 24.3 Å². The van der Waals surface area contributed by atoms with Gasteiger partial charge in [-0.25, -0.2) is 0 Å². The molecule has 0 atom stereocenters. The van der Waals surface area contributed by atoms with E-state index in [1.165, 1.54) is 0 Å². The third-order valence-corrected chi connectivity index (χ3v) is 2.55. The van der Waals surface area contributed by atoms with Gasteiger partial charge < -0.3 is 15.4 Å². The number of amides is 1. The Balaban J connectivity index is 2.65. The number of nitrogens with zero attached hydrogens (tertiary/aromatic N) is 1. The minimum Gasteiger partial charge on any atom is -0.494 e. The summed E-state index contributed by atoms with van der Waals surface area (Å²) in [4.78, 5) is 13.5. The summed E-state index contributed by atoms with van der Waals surface area (Å²) in [5.74, 6) is 0.769. The molecule has 2 N–H and O–H groups in total. The molecule has 0 spiro atoms. The van der Waals surface area contributed by atoms with E-state index >= 15 is 0 Å². The van der Waals surface area contributed by atoms with Crippen LogP contribution in [0.4, 0.5) is 0 Å². The Labute approximate surface area is 109 Å². The quantitative estimate of drug-likeness (QED) is 0.866. The molecule has 100 valence electrons. The van der Waals surface area contributed by atoms with Gasteiger partial charge in [0.25, 0.3) is 0 Å². The lowest BCUT2D eigenvalue weighted by atomic mass is 10.1. The second-order valence-corrected chi connectivity index (χ2v) is 4.96. The zero-order valence-electron chi connectivity index (χ0n) is 11.6. The highest BCUT2D eigenvalue weighted by atomic mass is 16.5. The van der Waals surface area contributed by atoms with E-state index in [-0.39, 0.29) is 5.91 Å². The molecule has 1 aromatic rings. The lowest BCUT2D eigenvalue weighted by Crippen LogP contribution is -2.49. The van der Waals surface area contributed by atoms with E-state index in [1.54, 1.807) is 25.8 Å². The van der Waals surface area contributed by atoms with Gasteiger partial charge in [-0.05, 0) is 38.5 Å². The van der Waals surface area contributed by atoms with Gasteiger partial charge in [-0.1, -0.05) is 12.1 Å². The Morgan fingerprint density at radius 2 is 1.89 bits per heavy atom. The van der Waals surface area contributed by atoms with Gasteiger partial charge in [0.2, 0.25) is 5.91 Å². The Kier molecular flexibility index (Phi) is 4.73. The summed E-state index contributed by atoms with van der Waals surface area (Å²) in [6.07, 6.45) is 0. The Hall–Kier alpha value is -1.55. The average molecular weight is 250 g/mol. The summed E-state index contributed by atoms with van der Waals surface area (Å²) in [6.45, 7) is 6.57. The van der Waals surface area contributed by atoms with Crippen LogP contribution in [0.3, 0.4) is 0 Å². The third-order valence-electron chi connectivity index (χ3n) is 2.55. The lowest BCUT2D eigenvalue weighted by Gasteiger charge is -2.25. The molecule has 0 radical (unpaired) electrons. The predicted octanol–water partition coefficient (Wildman–Crippen LogP) is 1.78. The number of hydrogen-bond acceptors (Lipinski definition) is 3. The number of ether oxygens (including phenoxy) is 1. The van der Waals surface area contributed by atoms with Gasteiger partial charge in [0.05, 0.1) is 12.1 Å². The molecule has 0 saturated carbocycles. The minimum absolute atomic E-state index is 0.0728. The molecule has 0 aliphatic heterocycles. The fraction of sp³-hybridized carbons (Fsp3) is 0.500. The first kappa shape index (κ1) is 14.5. The van der Waals surface area contributed by atoms with Gasteiger partial charge in [-0.3, -0.25) is 4.79 Å². The second kappa shape index (κ2) is 5.87. The van der Waals surface area contributed by atoms with Crippen molar-refractivity contribution in [2.75, 3.05) is 13.7 Å². The second-order valence-electron chi connectivity index (χ2n) is 4.96. The van der Waals surface area contributed by atoms with Crippen LogP contribution in [0.1, 0.15) is 26.3 Å². The number of hydrogen-bond donors (Lipinski definition) is 1. The predicted molar refractivity (Wildman–Crippen MR) is 72.4 cm³/mol. The monoisotopic (exact) mass is 250 g/mol. The molecule has 18 heavy (non-hydrogen) atoms. The summed E-state index contributed by atoms with van der Waals surface area (Å²) in [5, 5.41) is 0. The van der Waals surface area contributed by atoms with Gasteiger partial charge in [0.15, 0.2) is 0 Å². The summed E-state index contributed by atoms with van der Waals surface area (Å²) in [6, 6.07) is 7.73. The maximum absolute atomic E-state index is 11.9. The van der Waals surface area contributed by atoms with Crippen molar-refractivity contribution < 1.29 is 9.53 Å². The Morgan fingerprint density at radius 3 is 2.33 bits per heavy atom. The zero-order valence-corrected chi connectivity index (χ0v) is 11.6.